The van der Waals surface area contributed by atoms with Gasteiger partial charge >= 0.3 is 0 Å². The third-order valence-electron chi connectivity index (χ3n) is 4.35. The number of aryl methyl sites for hydroxylation is 1. The molecule has 0 amide bonds. The van der Waals surface area contributed by atoms with Crippen LogP contribution in [0.5, 0.6) is 0 Å². The summed E-state index contributed by atoms with van der Waals surface area (Å²) in [6.45, 7) is 7.63. The van der Waals surface area contributed by atoms with E-state index in [-0.39, 0.29) is 6.10 Å². The molecule has 1 N–H and O–H groups in total. The van der Waals surface area contributed by atoms with Gasteiger partial charge in [0.25, 0.3) is 0 Å². The molecule has 22 heavy (non-hydrogen) atoms. The smallest absolute Gasteiger partial charge is 0.0900 e. The first-order valence-corrected chi connectivity index (χ1v) is 8.84. The Balaban J connectivity index is 1.82. The third kappa shape index (κ3) is 5.08. The second-order valence-electron chi connectivity index (χ2n) is 6.37. The molecule has 1 aliphatic carbocycles. The Morgan fingerprint density at radius 1 is 1.23 bits per heavy atom. The van der Waals surface area contributed by atoms with E-state index in [1.165, 1.54) is 17.5 Å². The number of fused-ring (bicyclic) bond motifs is 1. The lowest BCUT2D eigenvalue weighted by molar-refractivity contribution is -0.0281. The maximum absolute atomic E-state index is 10.3. The molecule has 0 heterocycles. The number of benzene rings is 1. The number of hydrogen-bond donors (Lipinski definition) is 1. The van der Waals surface area contributed by atoms with Crippen LogP contribution >= 0.6 is 0 Å². The van der Waals surface area contributed by atoms with Gasteiger partial charge in [0.15, 0.2) is 0 Å². The molecule has 1 aromatic rings. The fourth-order valence-electron chi connectivity index (χ4n) is 3.39. The van der Waals surface area contributed by atoms with Crippen LogP contribution in [0.4, 0.5) is 0 Å². The summed E-state index contributed by atoms with van der Waals surface area (Å²) < 4.78 is 6.05. The highest BCUT2D eigenvalue weighted by Gasteiger charge is 2.21. The summed E-state index contributed by atoms with van der Waals surface area (Å²) in [7, 11) is 0. The fraction of sp³-hybridized carbons (Fsp3) is 0.684. The number of ether oxygens (including phenoxy) is 1. The summed E-state index contributed by atoms with van der Waals surface area (Å²) in [4.78, 5) is 2.34. The molecule has 3 nitrogen and oxygen atoms in total. The molecule has 0 spiro atoms. The monoisotopic (exact) mass is 305 g/mol. The molecular weight excluding hydrogens is 274 g/mol. The lowest BCUT2D eigenvalue weighted by atomic mass is 9.89. The van der Waals surface area contributed by atoms with Crippen LogP contribution in [-0.4, -0.2) is 42.4 Å². The Labute approximate surface area is 135 Å². The summed E-state index contributed by atoms with van der Waals surface area (Å²) in [5.74, 6) is 0. The quantitative estimate of drug-likeness (QED) is 0.757. The van der Waals surface area contributed by atoms with Crippen LogP contribution in [0.3, 0.4) is 0 Å². The van der Waals surface area contributed by atoms with E-state index in [2.05, 4.69) is 43.0 Å². The Morgan fingerprint density at radius 2 is 1.95 bits per heavy atom. The summed E-state index contributed by atoms with van der Waals surface area (Å²) in [6.07, 6.45) is 5.41. The van der Waals surface area contributed by atoms with Gasteiger partial charge in [0.1, 0.15) is 0 Å². The molecule has 0 bridgehead atoms. The van der Waals surface area contributed by atoms with Crippen LogP contribution in [0.15, 0.2) is 24.3 Å². The molecule has 0 radical (unpaired) electrons. The summed E-state index contributed by atoms with van der Waals surface area (Å²) in [5, 5.41) is 10.3. The molecule has 124 valence electrons. The predicted octanol–water partition coefficient (Wildman–Crippen LogP) is 3.56. The van der Waals surface area contributed by atoms with Gasteiger partial charge in [-0.2, -0.15) is 0 Å². The standard InChI is InChI=1S/C19H31NO2/c1-3-12-20(13-4-2)14-17(21)15-22-19-11-7-9-16-8-5-6-10-18(16)19/h5-6,8,10,17,19,21H,3-4,7,9,11-15H2,1-2H3/t17-,19+/m1/s1. The average Bonchev–Trinajstić information content (AvgIpc) is 2.53. The van der Waals surface area contributed by atoms with E-state index >= 15 is 0 Å². The number of nitrogens with zero attached hydrogens (tertiary/aromatic N) is 1. The number of aliphatic hydroxyl groups excluding tert-OH is 1. The van der Waals surface area contributed by atoms with Crippen LogP contribution in [0, 0.1) is 0 Å². The first-order valence-electron chi connectivity index (χ1n) is 8.84. The first-order chi connectivity index (χ1) is 10.7. The SMILES string of the molecule is CCCN(CCC)C[C@@H](O)CO[C@H]1CCCc2ccccc21. The minimum atomic E-state index is -0.396. The van der Waals surface area contributed by atoms with Gasteiger partial charge in [-0.3, -0.25) is 0 Å². The molecule has 0 saturated carbocycles. The predicted molar refractivity (Wildman–Crippen MR) is 91.1 cm³/mol. The summed E-state index contributed by atoms with van der Waals surface area (Å²) in [5.41, 5.74) is 2.73. The van der Waals surface area contributed by atoms with Gasteiger partial charge in [0.2, 0.25) is 0 Å². The Kier molecular flexibility index (Phi) is 7.37. The van der Waals surface area contributed by atoms with Crippen molar-refractivity contribution in [1.29, 1.82) is 0 Å². The minimum absolute atomic E-state index is 0.158. The van der Waals surface area contributed by atoms with E-state index in [4.69, 9.17) is 4.74 Å². The zero-order valence-corrected chi connectivity index (χ0v) is 14.1. The van der Waals surface area contributed by atoms with Crippen molar-refractivity contribution in [2.75, 3.05) is 26.2 Å². The zero-order chi connectivity index (χ0) is 15.8. The molecule has 1 aromatic carbocycles. The molecule has 2 atom stereocenters. The Bertz CT molecular complexity index is 429. The van der Waals surface area contributed by atoms with E-state index in [0.717, 1.165) is 45.3 Å². The molecule has 3 heteroatoms. The van der Waals surface area contributed by atoms with Crippen molar-refractivity contribution in [2.45, 2.75) is 58.2 Å². The number of hydrogen-bond acceptors (Lipinski definition) is 3. The van der Waals surface area contributed by atoms with Crippen LogP contribution < -0.4 is 0 Å². The Morgan fingerprint density at radius 3 is 2.68 bits per heavy atom. The van der Waals surface area contributed by atoms with Crippen molar-refractivity contribution in [3.8, 4) is 0 Å². The lowest BCUT2D eigenvalue weighted by Crippen LogP contribution is -2.36. The number of aliphatic hydroxyl groups is 1. The molecule has 1 aliphatic rings. The minimum Gasteiger partial charge on any atom is -0.389 e. The molecule has 0 fully saturated rings. The molecule has 0 aliphatic heterocycles. The van der Waals surface area contributed by atoms with Gasteiger partial charge in [0, 0.05) is 6.54 Å². The van der Waals surface area contributed by atoms with E-state index in [1.807, 2.05) is 0 Å². The van der Waals surface area contributed by atoms with Gasteiger partial charge in [0.05, 0.1) is 18.8 Å². The van der Waals surface area contributed by atoms with E-state index < -0.39 is 6.10 Å². The molecule has 2 rings (SSSR count). The second kappa shape index (κ2) is 9.29. The highest BCUT2D eigenvalue weighted by Crippen LogP contribution is 2.32. The first kappa shape index (κ1) is 17.5. The molecule has 0 aromatic heterocycles. The van der Waals surface area contributed by atoms with Crippen molar-refractivity contribution in [2.24, 2.45) is 0 Å². The van der Waals surface area contributed by atoms with Crippen molar-refractivity contribution in [3.63, 3.8) is 0 Å². The summed E-state index contributed by atoms with van der Waals surface area (Å²) >= 11 is 0. The van der Waals surface area contributed by atoms with Gasteiger partial charge < -0.3 is 14.7 Å². The zero-order valence-electron chi connectivity index (χ0n) is 14.1. The van der Waals surface area contributed by atoms with Crippen LogP contribution in [0.25, 0.3) is 0 Å². The van der Waals surface area contributed by atoms with Crippen LogP contribution in [0.2, 0.25) is 0 Å². The van der Waals surface area contributed by atoms with Gasteiger partial charge in [-0.05, 0) is 56.3 Å². The second-order valence-corrected chi connectivity index (χ2v) is 6.37. The highest BCUT2D eigenvalue weighted by molar-refractivity contribution is 5.31. The van der Waals surface area contributed by atoms with Crippen LogP contribution in [-0.2, 0) is 11.2 Å². The topological polar surface area (TPSA) is 32.7 Å². The van der Waals surface area contributed by atoms with E-state index in [9.17, 15) is 5.11 Å². The fourth-order valence-corrected chi connectivity index (χ4v) is 3.39. The molecular formula is C19H31NO2. The maximum Gasteiger partial charge on any atom is 0.0900 e. The van der Waals surface area contributed by atoms with E-state index in [0.29, 0.717) is 6.61 Å². The van der Waals surface area contributed by atoms with Crippen molar-refractivity contribution >= 4 is 0 Å². The highest BCUT2D eigenvalue weighted by atomic mass is 16.5. The van der Waals surface area contributed by atoms with Gasteiger partial charge in [-0.25, -0.2) is 0 Å². The summed E-state index contributed by atoms with van der Waals surface area (Å²) in [6, 6.07) is 8.56. The molecule has 0 unspecified atom stereocenters. The van der Waals surface area contributed by atoms with Crippen LogP contribution in [0.1, 0.15) is 56.8 Å². The largest absolute Gasteiger partial charge is 0.389 e. The van der Waals surface area contributed by atoms with E-state index in [1.54, 1.807) is 0 Å². The van der Waals surface area contributed by atoms with Crippen molar-refractivity contribution in [1.82, 2.24) is 4.90 Å². The van der Waals surface area contributed by atoms with Crippen molar-refractivity contribution in [3.05, 3.63) is 35.4 Å². The van der Waals surface area contributed by atoms with Crippen molar-refractivity contribution < 1.29 is 9.84 Å². The lowest BCUT2D eigenvalue weighted by Gasteiger charge is -2.28. The third-order valence-corrected chi connectivity index (χ3v) is 4.35. The Hall–Kier alpha value is -0.900. The van der Waals surface area contributed by atoms with Gasteiger partial charge in [-0.15, -0.1) is 0 Å². The number of rotatable bonds is 9. The molecule has 0 saturated heterocycles. The average molecular weight is 305 g/mol. The normalized spacial score (nSPS) is 19.2. The maximum atomic E-state index is 10.3. The van der Waals surface area contributed by atoms with Gasteiger partial charge in [-0.1, -0.05) is 38.1 Å².